The first kappa shape index (κ1) is 17.4. The van der Waals surface area contributed by atoms with Gasteiger partial charge in [-0.25, -0.2) is 0 Å². The lowest BCUT2D eigenvalue weighted by atomic mass is 10.1. The Morgan fingerprint density at radius 1 is 1.15 bits per heavy atom. The molecule has 26 heavy (non-hydrogen) atoms. The highest BCUT2D eigenvalue weighted by atomic mass is 16.6. The number of fused-ring (bicyclic) bond motifs is 1. The number of non-ortho nitro benzene ring substituents is 1. The van der Waals surface area contributed by atoms with Gasteiger partial charge in [-0.2, -0.15) is 0 Å². The Bertz CT molecular complexity index is 988. The molecule has 2 aromatic carbocycles. The van der Waals surface area contributed by atoms with E-state index >= 15 is 0 Å². The Hall–Kier alpha value is -3.41. The number of carbonyl (C=O) groups is 1. The number of aldehydes is 1. The topological polar surface area (TPSA) is 68.4 Å². The summed E-state index contributed by atoms with van der Waals surface area (Å²) in [5.74, 6) is 0. The predicted molar refractivity (Wildman–Crippen MR) is 102 cm³/mol. The average Bonchev–Trinajstić information content (AvgIpc) is 2.92. The zero-order valence-electron chi connectivity index (χ0n) is 14.6. The molecule has 0 saturated heterocycles. The van der Waals surface area contributed by atoms with E-state index in [0.29, 0.717) is 17.5 Å². The number of nitro groups is 1. The minimum absolute atomic E-state index is 0.0272. The van der Waals surface area contributed by atoms with Crippen LogP contribution in [0.2, 0.25) is 0 Å². The summed E-state index contributed by atoms with van der Waals surface area (Å²) >= 11 is 0. The molecule has 0 bridgehead atoms. The van der Waals surface area contributed by atoms with Crippen molar-refractivity contribution >= 4 is 29.0 Å². The van der Waals surface area contributed by atoms with E-state index in [4.69, 9.17) is 0 Å². The second kappa shape index (κ2) is 7.23. The first-order valence-electron chi connectivity index (χ1n) is 8.15. The number of hydrogen-bond acceptors (Lipinski definition) is 4. The van der Waals surface area contributed by atoms with Crippen LogP contribution >= 0.6 is 0 Å². The van der Waals surface area contributed by atoms with Gasteiger partial charge in [0, 0.05) is 49.9 Å². The van der Waals surface area contributed by atoms with E-state index in [1.807, 2.05) is 66.2 Å². The summed E-state index contributed by atoms with van der Waals surface area (Å²) in [6.07, 6.45) is 4.48. The van der Waals surface area contributed by atoms with Gasteiger partial charge in [-0.3, -0.25) is 14.9 Å². The molecule has 0 unspecified atom stereocenters. The van der Waals surface area contributed by atoms with Gasteiger partial charge in [0.1, 0.15) is 0 Å². The quantitative estimate of drug-likeness (QED) is 0.384. The maximum absolute atomic E-state index is 11.8. The molecule has 3 rings (SSSR count). The van der Waals surface area contributed by atoms with Crippen LogP contribution in [0.15, 0.2) is 54.7 Å². The first-order valence-corrected chi connectivity index (χ1v) is 8.15. The summed E-state index contributed by atoms with van der Waals surface area (Å²) in [5.41, 5.74) is 3.03. The van der Waals surface area contributed by atoms with Crippen LogP contribution < -0.4 is 0 Å². The molecule has 1 heterocycles. The van der Waals surface area contributed by atoms with E-state index in [9.17, 15) is 14.9 Å². The fourth-order valence-corrected chi connectivity index (χ4v) is 2.96. The molecule has 0 N–H and O–H groups in total. The molecule has 132 valence electrons. The van der Waals surface area contributed by atoms with Gasteiger partial charge in [0.05, 0.1) is 16.1 Å². The zero-order chi connectivity index (χ0) is 18.7. The smallest absolute Gasteiger partial charge is 0.270 e. The molecular weight excluding hydrogens is 330 g/mol. The zero-order valence-corrected chi connectivity index (χ0v) is 14.6. The van der Waals surface area contributed by atoms with Gasteiger partial charge >= 0.3 is 0 Å². The summed E-state index contributed by atoms with van der Waals surface area (Å²) in [6.45, 7) is 0.566. The van der Waals surface area contributed by atoms with E-state index < -0.39 is 4.92 Å². The maximum atomic E-state index is 11.8. The van der Waals surface area contributed by atoms with Gasteiger partial charge in [0.25, 0.3) is 5.69 Å². The summed E-state index contributed by atoms with van der Waals surface area (Å²) in [6, 6.07) is 14.5. The van der Waals surface area contributed by atoms with Crippen molar-refractivity contribution in [1.82, 2.24) is 9.47 Å². The number of carbonyl (C=O) groups excluding carboxylic acids is 1. The van der Waals surface area contributed by atoms with Gasteiger partial charge < -0.3 is 9.47 Å². The molecule has 6 heteroatoms. The maximum Gasteiger partial charge on any atom is 0.270 e. The van der Waals surface area contributed by atoms with Gasteiger partial charge in [0.15, 0.2) is 6.29 Å². The van der Waals surface area contributed by atoms with Crippen LogP contribution in [0.1, 0.15) is 21.6 Å². The van der Waals surface area contributed by atoms with E-state index in [1.54, 1.807) is 6.07 Å². The Balaban J connectivity index is 2.26. The van der Waals surface area contributed by atoms with Crippen LogP contribution in [0.4, 0.5) is 5.69 Å². The summed E-state index contributed by atoms with van der Waals surface area (Å²) < 4.78 is 2.01. The van der Waals surface area contributed by atoms with E-state index in [1.165, 1.54) is 12.1 Å². The van der Waals surface area contributed by atoms with Crippen molar-refractivity contribution in [1.29, 1.82) is 0 Å². The van der Waals surface area contributed by atoms with Gasteiger partial charge in [-0.1, -0.05) is 30.3 Å². The second-order valence-corrected chi connectivity index (χ2v) is 6.23. The molecule has 0 aliphatic rings. The van der Waals surface area contributed by atoms with Crippen molar-refractivity contribution in [3.8, 4) is 0 Å². The van der Waals surface area contributed by atoms with Gasteiger partial charge in [0.2, 0.25) is 0 Å². The fraction of sp³-hybridized carbons (Fsp3) is 0.150. The lowest BCUT2D eigenvalue weighted by Gasteiger charge is -2.10. The minimum Gasteiger partial charge on any atom is -0.383 e. The van der Waals surface area contributed by atoms with Crippen molar-refractivity contribution in [2.24, 2.45) is 0 Å². The fourth-order valence-electron chi connectivity index (χ4n) is 2.96. The van der Waals surface area contributed by atoms with E-state index in [0.717, 1.165) is 23.1 Å². The average molecular weight is 349 g/mol. The Morgan fingerprint density at radius 2 is 1.88 bits per heavy atom. The lowest BCUT2D eigenvalue weighted by molar-refractivity contribution is -0.384. The molecule has 3 aromatic rings. The normalized spacial score (nSPS) is 11.2. The van der Waals surface area contributed by atoms with Crippen LogP contribution in [0, 0.1) is 10.1 Å². The van der Waals surface area contributed by atoms with Crippen molar-refractivity contribution < 1.29 is 9.72 Å². The van der Waals surface area contributed by atoms with Crippen molar-refractivity contribution in [2.75, 3.05) is 14.1 Å². The van der Waals surface area contributed by atoms with Crippen molar-refractivity contribution in [2.45, 2.75) is 6.54 Å². The number of rotatable bonds is 6. The summed E-state index contributed by atoms with van der Waals surface area (Å²) in [7, 11) is 3.79. The monoisotopic (exact) mass is 349 g/mol. The molecule has 1 aromatic heterocycles. The molecule has 0 amide bonds. The minimum atomic E-state index is -0.447. The molecule has 0 atom stereocenters. The van der Waals surface area contributed by atoms with E-state index in [-0.39, 0.29) is 5.69 Å². The Kier molecular flexibility index (Phi) is 4.84. The number of benzene rings is 2. The highest BCUT2D eigenvalue weighted by Gasteiger charge is 2.18. The Morgan fingerprint density at radius 3 is 2.50 bits per heavy atom. The molecule has 0 aliphatic heterocycles. The first-order chi connectivity index (χ1) is 12.5. The number of nitro benzene ring substituents is 1. The van der Waals surface area contributed by atoms with E-state index in [2.05, 4.69) is 0 Å². The molecule has 0 spiro atoms. The summed E-state index contributed by atoms with van der Waals surface area (Å²) in [4.78, 5) is 24.4. The van der Waals surface area contributed by atoms with Crippen molar-refractivity contribution in [3.05, 3.63) is 81.7 Å². The molecular formula is C20H19N3O3. The SMILES string of the molecule is CN(C)/C=C\c1c(C=O)c2cc([N+](=O)[O-])ccc2n1Cc1ccccc1. The summed E-state index contributed by atoms with van der Waals surface area (Å²) in [5, 5.41) is 11.7. The third-order valence-electron chi connectivity index (χ3n) is 4.17. The second-order valence-electron chi connectivity index (χ2n) is 6.23. The largest absolute Gasteiger partial charge is 0.383 e. The van der Waals surface area contributed by atoms with Crippen LogP contribution in [-0.2, 0) is 6.54 Å². The highest BCUT2D eigenvalue weighted by Crippen LogP contribution is 2.30. The standard InChI is InChI=1S/C20H19N3O3/c1-21(2)11-10-20-18(14-24)17-12-16(23(25)26)8-9-19(17)22(20)13-15-6-4-3-5-7-15/h3-12,14H,13H2,1-2H3/b11-10-. The molecule has 0 fully saturated rings. The number of hydrogen-bond donors (Lipinski definition) is 0. The highest BCUT2D eigenvalue weighted by molar-refractivity contribution is 6.02. The molecule has 6 nitrogen and oxygen atoms in total. The number of aromatic nitrogens is 1. The van der Waals surface area contributed by atoms with Crippen LogP contribution in [-0.4, -0.2) is 34.8 Å². The Labute approximate surface area is 151 Å². The predicted octanol–water partition coefficient (Wildman–Crippen LogP) is 3.94. The third kappa shape index (κ3) is 3.35. The van der Waals surface area contributed by atoms with Gasteiger partial charge in [-0.05, 0) is 17.7 Å². The van der Waals surface area contributed by atoms with Crippen LogP contribution in [0.25, 0.3) is 17.0 Å². The number of nitrogens with zero attached hydrogens (tertiary/aromatic N) is 3. The molecule has 0 saturated carbocycles. The van der Waals surface area contributed by atoms with Gasteiger partial charge in [-0.15, -0.1) is 0 Å². The third-order valence-corrected chi connectivity index (χ3v) is 4.17. The molecule has 0 radical (unpaired) electrons. The lowest BCUT2D eigenvalue weighted by Crippen LogP contribution is -2.04. The van der Waals surface area contributed by atoms with Crippen molar-refractivity contribution in [3.63, 3.8) is 0 Å². The van der Waals surface area contributed by atoms with Crippen LogP contribution in [0.5, 0.6) is 0 Å². The van der Waals surface area contributed by atoms with Crippen LogP contribution in [0.3, 0.4) is 0 Å². The molecule has 0 aliphatic carbocycles.